The number of hydrogen-bond acceptors (Lipinski definition) is 8. The van der Waals surface area contributed by atoms with E-state index in [1.165, 1.54) is 31.7 Å². The summed E-state index contributed by atoms with van der Waals surface area (Å²) in [5.74, 6) is 0. The second-order valence-corrected chi connectivity index (χ2v) is 48.6. The van der Waals surface area contributed by atoms with Crippen LogP contribution in [0.15, 0.2) is 92.6 Å². The van der Waals surface area contributed by atoms with E-state index >= 15 is 0 Å². The first-order chi connectivity index (χ1) is 27.9. The first kappa shape index (κ1) is 47.8. The van der Waals surface area contributed by atoms with Crippen LogP contribution >= 0.6 is 23.5 Å². The predicted octanol–water partition coefficient (Wildman–Crippen LogP) is 15.4. The number of benzene rings is 4. The molecule has 0 unspecified atom stereocenters. The monoisotopic (exact) mass is 946 g/mol. The summed E-state index contributed by atoms with van der Waals surface area (Å²) in [5.41, 5.74) is 7.22. The molecule has 0 amide bonds. The predicted molar refractivity (Wildman–Crippen MR) is 277 cm³/mol. The quantitative estimate of drug-likeness (QED) is 0.0650. The van der Waals surface area contributed by atoms with Gasteiger partial charge in [0.15, 0.2) is 33.3 Å². The van der Waals surface area contributed by atoms with Gasteiger partial charge in [-0.3, -0.25) is 0 Å². The molecule has 0 radical (unpaired) electrons. The molecule has 4 aromatic carbocycles. The number of thioether (sulfide) groups is 2. The van der Waals surface area contributed by atoms with Crippen molar-refractivity contribution in [2.24, 2.45) is 9.98 Å². The van der Waals surface area contributed by atoms with Crippen molar-refractivity contribution in [1.82, 2.24) is 0 Å². The Morgan fingerprint density at radius 1 is 0.433 bits per heavy atom. The van der Waals surface area contributed by atoms with Crippen LogP contribution in [-0.2, 0) is 29.3 Å². The molecule has 324 valence electrons. The third-order valence-electron chi connectivity index (χ3n) is 10.1. The van der Waals surface area contributed by atoms with Gasteiger partial charge in [-0.05, 0) is 153 Å². The molecule has 4 aromatic rings. The van der Waals surface area contributed by atoms with Crippen molar-refractivity contribution < 1.29 is 16.5 Å². The van der Waals surface area contributed by atoms with Gasteiger partial charge in [0, 0.05) is 31.7 Å². The third-order valence-corrected chi connectivity index (χ3v) is 31.4. The van der Waals surface area contributed by atoms with Crippen molar-refractivity contribution >= 4 is 106 Å². The van der Waals surface area contributed by atoms with E-state index in [1.54, 1.807) is 0 Å². The smallest absolute Gasteiger partial charge is 0.314 e. The summed E-state index contributed by atoms with van der Waals surface area (Å²) in [6.07, 6.45) is 6.17. The number of unbranched alkanes of at least 4 members (excludes halogenated alkanes) is 2. The lowest BCUT2D eigenvalue weighted by Gasteiger charge is -2.38. The van der Waals surface area contributed by atoms with Crippen LogP contribution in [0, 0.1) is 0 Å². The van der Waals surface area contributed by atoms with E-state index < -0.39 is 50.4 Å². The zero-order valence-corrected chi connectivity index (χ0v) is 46.6. The first-order valence-electron chi connectivity index (χ1n) is 22.0. The molecule has 0 atom stereocenters. The molecule has 2 aliphatic rings. The molecular weight excluding hydrogens is 877 g/mol. The minimum absolute atomic E-state index is 0.954. The zero-order chi connectivity index (χ0) is 43.7. The molecule has 14 heteroatoms. The van der Waals surface area contributed by atoms with Crippen molar-refractivity contribution in [1.29, 1.82) is 0 Å². The lowest BCUT2D eigenvalue weighted by Crippen LogP contribution is -2.52. The van der Waals surface area contributed by atoms with Gasteiger partial charge in [0.1, 0.15) is 10.1 Å². The van der Waals surface area contributed by atoms with E-state index in [-0.39, 0.29) is 0 Å². The van der Waals surface area contributed by atoms with E-state index in [0.717, 1.165) is 83.2 Å². The molecule has 0 N–H and O–H groups in total. The van der Waals surface area contributed by atoms with Gasteiger partial charge in [0.05, 0.1) is 11.4 Å². The highest BCUT2D eigenvalue weighted by atomic mass is 32.2. The summed E-state index contributed by atoms with van der Waals surface area (Å²) in [7, 11) is -11.7. The van der Waals surface area contributed by atoms with Crippen molar-refractivity contribution in [3.05, 3.63) is 95.1 Å². The van der Waals surface area contributed by atoms with E-state index in [9.17, 15) is 0 Å². The molecule has 2 aliphatic heterocycles. The van der Waals surface area contributed by atoms with Gasteiger partial charge >= 0.3 is 17.1 Å². The molecule has 0 bridgehead atoms. The summed E-state index contributed by atoms with van der Waals surface area (Å²) < 4.78 is 27.6. The molecule has 60 heavy (non-hydrogen) atoms. The van der Waals surface area contributed by atoms with Crippen LogP contribution in [0.25, 0.3) is 10.8 Å². The lowest BCUT2D eigenvalue weighted by atomic mass is 9.95. The molecule has 0 aliphatic carbocycles. The van der Waals surface area contributed by atoms with Crippen LogP contribution in [0.4, 0.5) is 11.4 Å². The number of aryl methyl sites for hydroxylation is 2. The standard InChI is InChI=1S/C46H70N2O4S2Si6/c1-55(2,3)49-59(13,50-56(4,5)6)31-23-21-29-37-33-39-42-41-40(54-45(47-43(37)41)35-25-17-15-18-26-35)34-38(44(42)48-46(53-39)36-27-19-16-20-28-36)30-22-24-32-60(14,51-57(7,8)9)52-58(10,11)12/h15-20,25-28,33-34H,21-24,29-32H2,1-14H3. The Morgan fingerprint density at radius 2 is 0.750 bits per heavy atom. The van der Waals surface area contributed by atoms with Gasteiger partial charge in [-0.15, -0.1) is 0 Å². The van der Waals surface area contributed by atoms with Gasteiger partial charge in [-0.25, -0.2) is 9.98 Å². The highest BCUT2D eigenvalue weighted by molar-refractivity contribution is 8.15. The number of aliphatic imine (C=N–C) groups is 2. The van der Waals surface area contributed by atoms with Crippen LogP contribution in [0.2, 0.25) is 104 Å². The summed E-state index contributed by atoms with van der Waals surface area (Å²) >= 11 is 3.64. The van der Waals surface area contributed by atoms with Crippen molar-refractivity contribution in [2.45, 2.75) is 152 Å². The molecule has 0 fully saturated rings. The van der Waals surface area contributed by atoms with Crippen LogP contribution in [0.5, 0.6) is 0 Å². The van der Waals surface area contributed by atoms with E-state index in [4.69, 9.17) is 26.4 Å². The minimum atomic E-state index is -2.33. The van der Waals surface area contributed by atoms with E-state index in [1.807, 2.05) is 23.5 Å². The Hall–Kier alpha value is -1.68. The molecule has 0 aromatic heterocycles. The number of nitrogens with zero attached hydrogens (tertiary/aromatic N) is 2. The second-order valence-electron chi connectivity index (χ2n) is 20.8. The lowest BCUT2D eigenvalue weighted by molar-refractivity contribution is 0.379. The SMILES string of the molecule is C[Si](C)(C)O[Si](C)(CCCCc1cc2c3c(c(CCCC[Si](C)(O[Si](C)(C)C)O[Si](C)(C)C)cc4c3c1N=C(c1ccccc1)S4)N=C(c1ccccc1)S2)O[Si](C)(C)C. The molecule has 6 rings (SSSR count). The Bertz CT molecular complexity index is 2020. The Morgan fingerprint density at radius 3 is 1.05 bits per heavy atom. The highest BCUT2D eigenvalue weighted by Gasteiger charge is 2.41. The normalized spacial score (nSPS) is 15.0. The maximum absolute atomic E-state index is 6.90. The van der Waals surface area contributed by atoms with Crippen LogP contribution < -0.4 is 0 Å². The van der Waals surface area contributed by atoms with E-state index in [2.05, 4.69) is 164 Å². The first-order valence-corrected chi connectivity index (χ1v) is 42.3. The molecule has 0 spiro atoms. The Labute approximate surface area is 377 Å². The summed E-state index contributed by atoms with van der Waals surface area (Å²) in [6.45, 7) is 32.2. The molecule has 6 nitrogen and oxygen atoms in total. The topological polar surface area (TPSA) is 61.6 Å². The molecule has 0 saturated carbocycles. The molecule has 2 heterocycles. The zero-order valence-electron chi connectivity index (χ0n) is 38.9. The van der Waals surface area contributed by atoms with E-state index in [0.29, 0.717) is 0 Å². The highest BCUT2D eigenvalue weighted by Crippen LogP contribution is 2.54. The number of rotatable bonds is 20. The third kappa shape index (κ3) is 13.2. The van der Waals surface area contributed by atoms with Gasteiger partial charge in [-0.2, -0.15) is 0 Å². The molecular formula is C46H70N2O4S2Si6. The fourth-order valence-corrected chi connectivity index (χ4v) is 36.1. The number of hydrogen-bond donors (Lipinski definition) is 0. The van der Waals surface area contributed by atoms with Gasteiger partial charge in [0.25, 0.3) is 0 Å². The molecule has 0 saturated heterocycles. The van der Waals surface area contributed by atoms with Gasteiger partial charge < -0.3 is 16.5 Å². The van der Waals surface area contributed by atoms with Crippen LogP contribution in [0.3, 0.4) is 0 Å². The average Bonchev–Trinajstić information content (AvgIpc) is 3.11. The fourth-order valence-electron chi connectivity index (χ4n) is 8.66. The summed E-state index contributed by atoms with van der Waals surface area (Å²) in [5, 5.41) is 4.67. The maximum atomic E-state index is 6.90. The van der Waals surface area contributed by atoms with Crippen molar-refractivity contribution in [2.75, 3.05) is 0 Å². The Balaban J connectivity index is 1.38. The average molecular weight is 948 g/mol. The van der Waals surface area contributed by atoms with Crippen molar-refractivity contribution in [3.8, 4) is 0 Å². The maximum Gasteiger partial charge on any atom is 0.314 e. The van der Waals surface area contributed by atoms with Crippen LogP contribution in [0.1, 0.15) is 47.9 Å². The summed E-state index contributed by atoms with van der Waals surface area (Å²) in [4.78, 5) is 13.7. The van der Waals surface area contributed by atoms with Gasteiger partial charge in [-0.1, -0.05) is 97.0 Å². The van der Waals surface area contributed by atoms with Crippen LogP contribution in [-0.4, -0.2) is 60.5 Å². The Kier molecular flexibility index (Phi) is 15.0. The second kappa shape index (κ2) is 18.8. The van der Waals surface area contributed by atoms with Gasteiger partial charge in [0.2, 0.25) is 0 Å². The van der Waals surface area contributed by atoms with Crippen molar-refractivity contribution in [3.63, 3.8) is 0 Å². The fraction of sp³-hybridized carbons (Fsp3) is 0.478. The summed E-state index contributed by atoms with van der Waals surface area (Å²) in [6, 6.07) is 28.4. The minimum Gasteiger partial charge on any atom is -0.437 e. The largest absolute Gasteiger partial charge is 0.437 e.